The third kappa shape index (κ3) is 2.95. The summed E-state index contributed by atoms with van der Waals surface area (Å²) in [5.74, 6) is 0.668. The van der Waals surface area contributed by atoms with E-state index in [4.69, 9.17) is 0 Å². The van der Waals surface area contributed by atoms with Gasteiger partial charge in [-0.2, -0.15) is 0 Å². The quantitative estimate of drug-likeness (QED) is 0.897. The zero-order valence-corrected chi connectivity index (χ0v) is 12.8. The molecule has 1 aliphatic rings. The maximum Gasteiger partial charge on any atom is 0.0468 e. The predicted octanol–water partition coefficient (Wildman–Crippen LogP) is 3.52. The van der Waals surface area contributed by atoms with Gasteiger partial charge in [0.05, 0.1) is 0 Å². The van der Waals surface area contributed by atoms with Crippen LogP contribution in [0, 0.1) is 5.92 Å². The van der Waals surface area contributed by atoms with Gasteiger partial charge in [0.25, 0.3) is 0 Å². The monoisotopic (exact) mass is 266 g/mol. The summed E-state index contributed by atoms with van der Waals surface area (Å²) in [6.45, 7) is 11.6. The fourth-order valence-corrected chi connectivity index (χ4v) is 3.97. The second kappa shape index (κ2) is 6.18. The summed E-state index contributed by atoms with van der Waals surface area (Å²) in [6.07, 6.45) is 1.22. The van der Waals surface area contributed by atoms with E-state index >= 15 is 0 Å². The molecule has 1 N–H and O–H groups in total. The Morgan fingerprint density at radius 2 is 2.28 bits per heavy atom. The van der Waals surface area contributed by atoms with E-state index < -0.39 is 0 Å². The van der Waals surface area contributed by atoms with Crippen LogP contribution in [-0.4, -0.2) is 30.1 Å². The second-order valence-electron chi connectivity index (χ2n) is 5.76. The third-order valence-electron chi connectivity index (χ3n) is 4.02. The Kier molecular flexibility index (Phi) is 4.82. The molecule has 18 heavy (non-hydrogen) atoms. The van der Waals surface area contributed by atoms with Crippen LogP contribution in [0.4, 0.5) is 0 Å². The molecule has 2 nitrogen and oxygen atoms in total. The molecule has 2 heterocycles. The highest BCUT2D eigenvalue weighted by Gasteiger charge is 2.32. The zero-order chi connectivity index (χ0) is 13.1. The molecule has 0 aliphatic carbocycles. The Balaban J connectivity index is 2.19. The molecule has 3 heteroatoms. The van der Waals surface area contributed by atoms with E-state index in [1.165, 1.54) is 17.8 Å². The number of rotatable bonds is 4. The largest absolute Gasteiger partial charge is 0.311 e. The van der Waals surface area contributed by atoms with Crippen molar-refractivity contribution in [2.75, 3.05) is 13.1 Å². The molecule has 0 saturated carbocycles. The molecule has 0 amide bonds. The second-order valence-corrected chi connectivity index (χ2v) is 6.74. The topological polar surface area (TPSA) is 15.3 Å². The van der Waals surface area contributed by atoms with E-state index in [9.17, 15) is 0 Å². The van der Waals surface area contributed by atoms with Crippen LogP contribution in [-0.2, 0) is 0 Å². The lowest BCUT2D eigenvalue weighted by molar-refractivity contribution is 0.0670. The Hall–Kier alpha value is -0.380. The van der Waals surface area contributed by atoms with Crippen molar-refractivity contribution in [1.29, 1.82) is 0 Å². The Morgan fingerprint density at radius 1 is 1.50 bits per heavy atom. The van der Waals surface area contributed by atoms with Crippen LogP contribution in [0.25, 0.3) is 0 Å². The first-order valence-corrected chi connectivity index (χ1v) is 8.04. The maximum atomic E-state index is 3.65. The lowest BCUT2D eigenvalue weighted by Gasteiger charge is -2.44. The van der Waals surface area contributed by atoms with Gasteiger partial charge in [-0.25, -0.2) is 0 Å². The summed E-state index contributed by atoms with van der Waals surface area (Å²) in [5.41, 5.74) is 0. The molecule has 1 fully saturated rings. The molecule has 0 aromatic carbocycles. The van der Waals surface area contributed by atoms with Crippen LogP contribution >= 0.6 is 11.3 Å². The highest BCUT2D eigenvalue weighted by atomic mass is 32.1. The fourth-order valence-electron chi connectivity index (χ4n) is 2.95. The first kappa shape index (κ1) is 14.0. The molecule has 1 aliphatic heterocycles. The summed E-state index contributed by atoms with van der Waals surface area (Å²) < 4.78 is 0. The lowest BCUT2D eigenvalue weighted by Crippen LogP contribution is -2.56. The van der Waals surface area contributed by atoms with Crippen molar-refractivity contribution in [3.05, 3.63) is 22.4 Å². The van der Waals surface area contributed by atoms with Crippen molar-refractivity contribution < 1.29 is 0 Å². The number of hydrogen-bond acceptors (Lipinski definition) is 3. The van der Waals surface area contributed by atoms with E-state index in [1.807, 2.05) is 11.3 Å². The molecular weight excluding hydrogens is 240 g/mol. The van der Waals surface area contributed by atoms with Gasteiger partial charge in [-0.15, -0.1) is 11.3 Å². The van der Waals surface area contributed by atoms with Crippen LogP contribution in [0.15, 0.2) is 17.5 Å². The normalized spacial score (nSPS) is 27.6. The first-order valence-electron chi connectivity index (χ1n) is 7.16. The highest BCUT2D eigenvalue weighted by Crippen LogP contribution is 2.34. The van der Waals surface area contributed by atoms with Crippen molar-refractivity contribution in [3.8, 4) is 0 Å². The molecule has 1 saturated heterocycles. The van der Waals surface area contributed by atoms with Gasteiger partial charge in [-0.3, -0.25) is 4.90 Å². The molecule has 0 bridgehead atoms. The Labute approximate surface area is 115 Å². The average molecular weight is 266 g/mol. The van der Waals surface area contributed by atoms with Crippen LogP contribution in [0.3, 0.4) is 0 Å². The predicted molar refractivity (Wildman–Crippen MR) is 80.1 cm³/mol. The molecule has 1 aromatic heterocycles. The molecule has 1 aromatic rings. The fraction of sp³-hybridized carbons (Fsp3) is 0.733. The number of nitrogens with one attached hydrogen (secondary N) is 1. The standard InChI is InChI=1S/C15H26N2S/c1-5-13-10-17(12(4)9-16-13)15(11(2)3)14-7-6-8-18-14/h6-8,11-13,15-16H,5,9-10H2,1-4H3. The van der Waals surface area contributed by atoms with Crippen molar-refractivity contribution in [2.24, 2.45) is 5.92 Å². The number of piperazine rings is 1. The van der Waals surface area contributed by atoms with Crippen LogP contribution in [0.5, 0.6) is 0 Å². The highest BCUT2D eigenvalue weighted by molar-refractivity contribution is 7.10. The van der Waals surface area contributed by atoms with E-state index in [-0.39, 0.29) is 0 Å². The number of hydrogen-bond donors (Lipinski definition) is 1. The minimum absolute atomic E-state index is 0.580. The Morgan fingerprint density at radius 3 is 2.83 bits per heavy atom. The van der Waals surface area contributed by atoms with Crippen molar-refractivity contribution in [3.63, 3.8) is 0 Å². The zero-order valence-electron chi connectivity index (χ0n) is 12.0. The molecule has 102 valence electrons. The van der Waals surface area contributed by atoms with Gasteiger partial charge in [-0.05, 0) is 30.7 Å². The smallest absolute Gasteiger partial charge is 0.0468 e. The summed E-state index contributed by atoms with van der Waals surface area (Å²) >= 11 is 1.90. The van der Waals surface area contributed by atoms with Crippen LogP contribution in [0.1, 0.15) is 45.0 Å². The Bertz CT molecular complexity index is 347. The minimum Gasteiger partial charge on any atom is -0.311 e. The molecule has 3 unspecified atom stereocenters. The van der Waals surface area contributed by atoms with Gasteiger partial charge in [0.1, 0.15) is 0 Å². The van der Waals surface area contributed by atoms with Crippen LogP contribution < -0.4 is 5.32 Å². The minimum atomic E-state index is 0.580. The van der Waals surface area contributed by atoms with Gasteiger partial charge in [0, 0.05) is 36.1 Å². The lowest BCUT2D eigenvalue weighted by atomic mass is 9.96. The molecular formula is C15H26N2S. The summed E-state index contributed by atoms with van der Waals surface area (Å²) in [5, 5.41) is 5.85. The molecule has 3 atom stereocenters. The van der Waals surface area contributed by atoms with Gasteiger partial charge in [0.15, 0.2) is 0 Å². The van der Waals surface area contributed by atoms with Crippen molar-refractivity contribution >= 4 is 11.3 Å². The number of thiophene rings is 1. The summed E-state index contributed by atoms with van der Waals surface area (Å²) in [4.78, 5) is 4.23. The van der Waals surface area contributed by atoms with E-state index in [2.05, 4.69) is 55.4 Å². The van der Waals surface area contributed by atoms with Crippen molar-refractivity contribution in [2.45, 2.75) is 52.2 Å². The molecule has 0 radical (unpaired) electrons. The number of nitrogens with zero attached hydrogens (tertiary/aromatic N) is 1. The van der Waals surface area contributed by atoms with E-state index in [1.54, 1.807) is 0 Å². The maximum absolute atomic E-state index is 3.65. The average Bonchev–Trinajstić information content (AvgIpc) is 2.85. The summed E-state index contributed by atoms with van der Waals surface area (Å²) in [6, 6.07) is 6.34. The van der Waals surface area contributed by atoms with Gasteiger partial charge in [0.2, 0.25) is 0 Å². The first-order chi connectivity index (χ1) is 8.63. The molecule has 0 spiro atoms. The van der Waals surface area contributed by atoms with E-state index in [0.717, 1.165) is 6.54 Å². The summed E-state index contributed by atoms with van der Waals surface area (Å²) in [7, 11) is 0. The van der Waals surface area contributed by atoms with Gasteiger partial charge >= 0.3 is 0 Å². The molecule has 2 rings (SSSR count). The van der Waals surface area contributed by atoms with Crippen LogP contribution in [0.2, 0.25) is 0 Å². The van der Waals surface area contributed by atoms with Crippen molar-refractivity contribution in [1.82, 2.24) is 10.2 Å². The van der Waals surface area contributed by atoms with Gasteiger partial charge < -0.3 is 5.32 Å². The SMILES string of the molecule is CCC1CN(C(c2cccs2)C(C)C)C(C)CN1. The van der Waals surface area contributed by atoms with E-state index in [0.29, 0.717) is 24.0 Å². The van der Waals surface area contributed by atoms with Gasteiger partial charge in [-0.1, -0.05) is 26.8 Å². The third-order valence-corrected chi connectivity index (χ3v) is 4.96.